The zero-order valence-corrected chi connectivity index (χ0v) is 14.5. The van der Waals surface area contributed by atoms with Crippen LogP contribution in [0.4, 0.5) is 0 Å². The Morgan fingerprint density at radius 1 is 1.46 bits per heavy atom. The van der Waals surface area contributed by atoms with E-state index < -0.39 is 0 Å². The molecule has 2 aromatic rings. The minimum Gasteiger partial charge on any atom is -0.379 e. The number of rotatable bonds is 4. The average molecular weight is 348 g/mol. The summed E-state index contributed by atoms with van der Waals surface area (Å²) in [6, 6.07) is 0.395. The highest BCUT2D eigenvalue weighted by molar-refractivity contribution is 7.07. The van der Waals surface area contributed by atoms with E-state index in [9.17, 15) is 4.79 Å². The van der Waals surface area contributed by atoms with Gasteiger partial charge in [-0.3, -0.25) is 9.69 Å². The van der Waals surface area contributed by atoms with E-state index in [1.807, 2.05) is 13.8 Å². The zero-order valence-electron chi connectivity index (χ0n) is 13.7. The molecule has 24 heavy (non-hydrogen) atoms. The molecular formula is C16H20N4O3S. The number of aromatic nitrogens is 2. The number of hydrogen-bond donors (Lipinski definition) is 1. The van der Waals surface area contributed by atoms with Gasteiger partial charge in [0.05, 0.1) is 24.4 Å². The highest BCUT2D eigenvalue weighted by Crippen LogP contribution is 2.32. The van der Waals surface area contributed by atoms with Gasteiger partial charge >= 0.3 is 0 Å². The lowest BCUT2D eigenvalue weighted by atomic mass is 9.99. The minimum atomic E-state index is -0.105. The molecule has 1 amide bonds. The standard InChI is InChI=1S/C16H20N4O3S/c1-9-11(10(2)23-19-9)3-20-4-13(12-5-22-6-15(12)20)18-16(21)14-7-24-8-17-14/h7-8,12-13,15H,3-6H2,1-2H3,(H,18,21)/t12-,13-,15-/m1/s1. The van der Waals surface area contributed by atoms with Crippen LogP contribution in [0.15, 0.2) is 15.4 Å². The first-order valence-corrected chi connectivity index (χ1v) is 9.00. The number of carbonyl (C=O) groups excluding carboxylic acids is 1. The van der Waals surface area contributed by atoms with E-state index >= 15 is 0 Å². The molecule has 2 aliphatic heterocycles. The number of aryl methyl sites for hydroxylation is 2. The molecule has 2 aromatic heterocycles. The maximum atomic E-state index is 12.3. The Balaban J connectivity index is 1.48. The highest BCUT2D eigenvalue weighted by atomic mass is 32.1. The Bertz CT molecular complexity index is 710. The topological polar surface area (TPSA) is 80.5 Å². The van der Waals surface area contributed by atoms with Crippen LogP contribution in [0, 0.1) is 19.8 Å². The molecule has 128 valence electrons. The summed E-state index contributed by atoms with van der Waals surface area (Å²) in [5, 5.41) is 8.94. The molecular weight excluding hydrogens is 328 g/mol. The van der Waals surface area contributed by atoms with Gasteiger partial charge in [-0.15, -0.1) is 11.3 Å². The van der Waals surface area contributed by atoms with Crippen molar-refractivity contribution in [1.82, 2.24) is 20.4 Å². The van der Waals surface area contributed by atoms with Crippen molar-refractivity contribution < 1.29 is 14.1 Å². The van der Waals surface area contributed by atoms with E-state index in [4.69, 9.17) is 9.26 Å². The first-order chi connectivity index (χ1) is 11.6. The predicted molar refractivity (Wildman–Crippen MR) is 87.9 cm³/mol. The monoisotopic (exact) mass is 348 g/mol. The van der Waals surface area contributed by atoms with E-state index in [1.54, 1.807) is 10.9 Å². The second-order valence-corrected chi connectivity index (χ2v) is 7.17. The van der Waals surface area contributed by atoms with Gasteiger partial charge in [-0.2, -0.15) is 0 Å². The second-order valence-electron chi connectivity index (χ2n) is 6.45. The molecule has 0 aliphatic carbocycles. The van der Waals surface area contributed by atoms with Crippen molar-refractivity contribution in [3.05, 3.63) is 33.6 Å². The van der Waals surface area contributed by atoms with E-state index in [0.717, 1.165) is 30.1 Å². The van der Waals surface area contributed by atoms with Gasteiger partial charge < -0.3 is 14.6 Å². The molecule has 2 saturated heterocycles. The number of likely N-dealkylation sites (tertiary alicyclic amines) is 1. The lowest BCUT2D eigenvalue weighted by Crippen LogP contribution is -2.41. The number of fused-ring (bicyclic) bond motifs is 1. The maximum absolute atomic E-state index is 12.3. The highest BCUT2D eigenvalue weighted by Gasteiger charge is 2.46. The van der Waals surface area contributed by atoms with Crippen LogP contribution < -0.4 is 5.32 Å². The summed E-state index contributed by atoms with van der Waals surface area (Å²) >= 11 is 1.43. The smallest absolute Gasteiger partial charge is 0.271 e. The van der Waals surface area contributed by atoms with Crippen molar-refractivity contribution in [3.63, 3.8) is 0 Å². The van der Waals surface area contributed by atoms with Crippen LogP contribution in [0.1, 0.15) is 27.5 Å². The summed E-state index contributed by atoms with van der Waals surface area (Å²) < 4.78 is 11.0. The third kappa shape index (κ3) is 2.74. The fourth-order valence-electron chi connectivity index (χ4n) is 3.68. The third-order valence-electron chi connectivity index (χ3n) is 5.03. The number of amides is 1. The van der Waals surface area contributed by atoms with Crippen LogP contribution in [0.5, 0.6) is 0 Å². The first kappa shape index (κ1) is 15.7. The Labute approximate surface area is 144 Å². The first-order valence-electron chi connectivity index (χ1n) is 8.06. The van der Waals surface area contributed by atoms with Crippen molar-refractivity contribution in [2.24, 2.45) is 5.92 Å². The molecule has 1 N–H and O–H groups in total. The minimum absolute atomic E-state index is 0.0761. The second kappa shape index (κ2) is 6.27. The molecule has 8 heteroatoms. The molecule has 2 fully saturated rings. The number of thiazole rings is 1. The SMILES string of the molecule is Cc1noc(C)c1CN1C[C@@H](NC(=O)c2cscn2)[C@H]2COC[C@H]21. The summed E-state index contributed by atoms with van der Waals surface area (Å²) in [5.41, 5.74) is 4.22. The van der Waals surface area contributed by atoms with Gasteiger partial charge in [-0.25, -0.2) is 4.98 Å². The average Bonchev–Trinajstić information content (AvgIpc) is 3.31. The van der Waals surface area contributed by atoms with Crippen LogP contribution in [0.25, 0.3) is 0 Å². The number of hydrogen-bond acceptors (Lipinski definition) is 7. The molecule has 0 spiro atoms. The van der Waals surface area contributed by atoms with Gasteiger partial charge in [0.25, 0.3) is 5.91 Å². The van der Waals surface area contributed by atoms with Gasteiger partial charge in [-0.1, -0.05) is 5.16 Å². The maximum Gasteiger partial charge on any atom is 0.271 e. The summed E-state index contributed by atoms with van der Waals surface area (Å²) in [6.45, 7) is 6.87. The van der Waals surface area contributed by atoms with Crippen molar-refractivity contribution >= 4 is 17.2 Å². The molecule has 0 aromatic carbocycles. The molecule has 0 radical (unpaired) electrons. The lowest BCUT2D eigenvalue weighted by Gasteiger charge is -2.21. The normalized spacial score (nSPS) is 26.7. The Hall–Kier alpha value is -1.77. The van der Waals surface area contributed by atoms with E-state index in [1.165, 1.54) is 11.3 Å². The van der Waals surface area contributed by atoms with Gasteiger partial charge in [0.1, 0.15) is 11.5 Å². The third-order valence-corrected chi connectivity index (χ3v) is 5.62. The van der Waals surface area contributed by atoms with Crippen molar-refractivity contribution in [2.45, 2.75) is 32.5 Å². The molecule has 4 rings (SSSR count). The van der Waals surface area contributed by atoms with E-state index in [2.05, 4.69) is 20.4 Å². The fraction of sp³-hybridized carbons (Fsp3) is 0.562. The van der Waals surface area contributed by atoms with Gasteiger partial charge in [0, 0.05) is 42.0 Å². The fourth-order valence-corrected chi connectivity index (χ4v) is 4.21. The number of carbonyl (C=O) groups is 1. The summed E-state index contributed by atoms with van der Waals surface area (Å²) in [4.78, 5) is 18.8. The predicted octanol–water partition coefficient (Wildman–Crippen LogP) is 1.38. The van der Waals surface area contributed by atoms with E-state index in [-0.39, 0.29) is 11.9 Å². The van der Waals surface area contributed by atoms with Crippen LogP contribution in [0.3, 0.4) is 0 Å². The van der Waals surface area contributed by atoms with Crippen LogP contribution in [-0.2, 0) is 11.3 Å². The van der Waals surface area contributed by atoms with Gasteiger partial charge in [0.2, 0.25) is 0 Å². The van der Waals surface area contributed by atoms with Gasteiger partial charge in [-0.05, 0) is 13.8 Å². The summed E-state index contributed by atoms with van der Waals surface area (Å²) in [7, 11) is 0. The molecule has 2 aliphatic rings. The van der Waals surface area contributed by atoms with Crippen molar-refractivity contribution in [2.75, 3.05) is 19.8 Å². The molecule has 7 nitrogen and oxygen atoms in total. The molecule has 4 heterocycles. The van der Waals surface area contributed by atoms with Crippen LogP contribution in [0.2, 0.25) is 0 Å². The largest absolute Gasteiger partial charge is 0.379 e. The van der Waals surface area contributed by atoms with Crippen LogP contribution in [-0.4, -0.2) is 52.8 Å². The number of nitrogens with zero attached hydrogens (tertiary/aromatic N) is 3. The molecule has 0 unspecified atom stereocenters. The lowest BCUT2D eigenvalue weighted by molar-refractivity contribution is 0.0910. The molecule has 3 atom stereocenters. The summed E-state index contributed by atoms with van der Waals surface area (Å²) in [6.07, 6.45) is 0. The van der Waals surface area contributed by atoms with Crippen molar-refractivity contribution in [3.8, 4) is 0 Å². The number of nitrogens with one attached hydrogen (secondary N) is 1. The zero-order chi connectivity index (χ0) is 16.7. The molecule has 0 bridgehead atoms. The van der Waals surface area contributed by atoms with Gasteiger partial charge in [0.15, 0.2) is 0 Å². The van der Waals surface area contributed by atoms with Crippen molar-refractivity contribution in [1.29, 1.82) is 0 Å². The Kier molecular flexibility index (Phi) is 4.11. The quantitative estimate of drug-likeness (QED) is 0.899. The number of ether oxygens (including phenoxy) is 1. The Morgan fingerprint density at radius 3 is 3.04 bits per heavy atom. The molecule has 0 saturated carbocycles. The van der Waals surface area contributed by atoms with Crippen LogP contribution >= 0.6 is 11.3 Å². The Morgan fingerprint density at radius 2 is 2.33 bits per heavy atom. The van der Waals surface area contributed by atoms with E-state index in [0.29, 0.717) is 30.9 Å². The summed E-state index contributed by atoms with van der Waals surface area (Å²) in [5.74, 6) is 1.07.